The van der Waals surface area contributed by atoms with Gasteiger partial charge in [0.05, 0.1) is 22.6 Å². The van der Waals surface area contributed by atoms with Crippen LogP contribution in [0, 0.1) is 18.2 Å². The predicted molar refractivity (Wildman–Crippen MR) is 150 cm³/mol. The Labute approximate surface area is 243 Å². The molecule has 2 N–H and O–H groups in total. The molecule has 3 aliphatic rings. The standard InChI is InChI=1S/C31H29F4N5O3/c1-16-9-20-22(21-13-36-38-26(16)21)14-40(15-31(33,34)35)29(43)30(11-23(20)30)12-25(41)39-7-5-17(6-8-39)19-10-18-3-2-4-24(32)27(18)37-28(19)42/h2-4,9-10,13,17,23H,5-8,11-12,14-15H2,1H3,(H,36,38)(H,37,42). The molecule has 8 nitrogen and oxygen atoms in total. The third-order valence-corrected chi connectivity index (χ3v) is 9.57. The first kappa shape index (κ1) is 27.6. The van der Waals surface area contributed by atoms with Crippen LogP contribution < -0.4 is 5.56 Å². The molecule has 2 aliphatic heterocycles. The normalized spacial score (nSPS) is 22.5. The minimum Gasteiger partial charge on any atom is -0.343 e. The molecule has 43 heavy (non-hydrogen) atoms. The number of nitrogens with one attached hydrogen (secondary N) is 2. The number of hydrogen-bond acceptors (Lipinski definition) is 4. The Bertz CT molecular complexity index is 1860. The molecule has 12 heteroatoms. The Balaban J connectivity index is 1.13. The zero-order valence-electron chi connectivity index (χ0n) is 23.4. The number of hydrogen-bond donors (Lipinski definition) is 2. The van der Waals surface area contributed by atoms with Crippen molar-refractivity contribution in [2.24, 2.45) is 5.41 Å². The number of para-hydroxylation sites is 1. The minimum atomic E-state index is -4.59. The van der Waals surface area contributed by atoms with Gasteiger partial charge in [-0.2, -0.15) is 18.3 Å². The molecule has 2 amide bonds. The van der Waals surface area contributed by atoms with Crippen LogP contribution in [0.25, 0.3) is 21.8 Å². The Morgan fingerprint density at radius 3 is 2.63 bits per heavy atom. The van der Waals surface area contributed by atoms with E-state index >= 15 is 0 Å². The number of pyridine rings is 1. The van der Waals surface area contributed by atoms with Crippen molar-refractivity contribution in [2.45, 2.75) is 57.2 Å². The molecule has 2 fully saturated rings. The maximum atomic E-state index is 14.1. The molecule has 224 valence electrons. The van der Waals surface area contributed by atoms with Crippen LogP contribution >= 0.6 is 0 Å². The number of aryl methyl sites for hydroxylation is 1. The smallest absolute Gasteiger partial charge is 0.343 e. The van der Waals surface area contributed by atoms with Crippen LogP contribution in [-0.4, -0.2) is 62.6 Å². The number of fused-ring (bicyclic) bond motifs is 6. The van der Waals surface area contributed by atoms with E-state index in [9.17, 15) is 31.9 Å². The van der Waals surface area contributed by atoms with Gasteiger partial charge in [-0.05, 0) is 60.9 Å². The fourth-order valence-electron chi connectivity index (χ4n) is 7.33. The van der Waals surface area contributed by atoms with Crippen LogP contribution in [0.1, 0.15) is 59.8 Å². The molecular formula is C31H29F4N5O3. The summed E-state index contributed by atoms with van der Waals surface area (Å²) in [5, 5.41) is 8.27. The number of H-pyrrole nitrogens is 2. The first-order chi connectivity index (χ1) is 20.4. The first-order valence-electron chi connectivity index (χ1n) is 14.4. The van der Waals surface area contributed by atoms with E-state index in [2.05, 4.69) is 15.2 Å². The molecule has 0 spiro atoms. The van der Waals surface area contributed by atoms with E-state index in [-0.39, 0.29) is 41.8 Å². The number of benzene rings is 2. The van der Waals surface area contributed by atoms with E-state index in [0.717, 1.165) is 21.5 Å². The summed E-state index contributed by atoms with van der Waals surface area (Å²) in [5.41, 5.74) is 2.15. The van der Waals surface area contributed by atoms with Crippen molar-refractivity contribution in [2.75, 3.05) is 19.6 Å². The lowest BCUT2D eigenvalue weighted by Gasteiger charge is -2.33. The van der Waals surface area contributed by atoms with E-state index in [1.165, 1.54) is 6.07 Å². The predicted octanol–water partition coefficient (Wildman–Crippen LogP) is 5.03. The number of halogens is 4. The number of carbonyl (C=O) groups is 2. The van der Waals surface area contributed by atoms with Gasteiger partial charge in [0, 0.05) is 48.3 Å². The average Bonchev–Trinajstić information content (AvgIpc) is 3.47. The Morgan fingerprint density at radius 2 is 1.88 bits per heavy atom. The van der Waals surface area contributed by atoms with Crippen LogP contribution in [0.15, 0.2) is 41.3 Å². The highest BCUT2D eigenvalue weighted by atomic mass is 19.4. The van der Waals surface area contributed by atoms with Crippen molar-refractivity contribution in [3.8, 4) is 0 Å². The van der Waals surface area contributed by atoms with Crippen LogP contribution in [0.5, 0.6) is 0 Å². The van der Waals surface area contributed by atoms with E-state index in [1.54, 1.807) is 29.3 Å². The van der Waals surface area contributed by atoms with Gasteiger partial charge in [-0.1, -0.05) is 18.2 Å². The summed E-state index contributed by atoms with van der Waals surface area (Å²) in [6.07, 6.45) is -1.88. The first-order valence-corrected chi connectivity index (χ1v) is 14.4. The van der Waals surface area contributed by atoms with Crippen LogP contribution in [0.4, 0.5) is 17.6 Å². The lowest BCUT2D eigenvalue weighted by atomic mass is 9.88. The number of piperidine rings is 1. The monoisotopic (exact) mass is 595 g/mol. The number of aromatic amines is 2. The van der Waals surface area contributed by atoms with Crippen LogP contribution in [-0.2, 0) is 16.1 Å². The third kappa shape index (κ3) is 4.58. The molecule has 4 heterocycles. The quantitative estimate of drug-likeness (QED) is 0.324. The molecule has 1 saturated heterocycles. The number of alkyl halides is 3. The summed E-state index contributed by atoms with van der Waals surface area (Å²) in [4.78, 5) is 45.3. The van der Waals surface area contributed by atoms with Gasteiger partial charge in [0.15, 0.2) is 0 Å². The zero-order valence-corrected chi connectivity index (χ0v) is 23.4. The zero-order chi connectivity index (χ0) is 30.3. The number of carbonyl (C=O) groups excluding carboxylic acids is 2. The van der Waals surface area contributed by atoms with Gasteiger partial charge in [0.2, 0.25) is 11.8 Å². The Kier molecular flexibility index (Phi) is 6.19. The van der Waals surface area contributed by atoms with Crippen LogP contribution in [0.3, 0.4) is 0 Å². The van der Waals surface area contributed by atoms with Gasteiger partial charge in [-0.25, -0.2) is 4.39 Å². The van der Waals surface area contributed by atoms with Crippen molar-refractivity contribution < 1.29 is 27.2 Å². The molecule has 2 atom stereocenters. The molecule has 7 rings (SSSR count). The summed E-state index contributed by atoms with van der Waals surface area (Å²) < 4.78 is 55.0. The van der Waals surface area contributed by atoms with Gasteiger partial charge >= 0.3 is 6.18 Å². The van der Waals surface area contributed by atoms with Crippen molar-refractivity contribution in [1.82, 2.24) is 25.0 Å². The minimum absolute atomic E-state index is 0.138. The average molecular weight is 596 g/mol. The van der Waals surface area contributed by atoms with Crippen molar-refractivity contribution in [3.63, 3.8) is 0 Å². The molecule has 1 saturated carbocycles. The van der Waals surface area contributed by atoms with Crippen molar-refractivity contribution in [3.05, 3.63) is 75.0 Å². The number of amides is 2. The summed E-state index contributed by atoms with van der Waals surface area (Å²) in [5.74, 6) is -1.92. The molecular weight excluding hydrogens is 566 g/mol. The van der Waals surface area contributed by atoms with Crippen LogP contribution in [0.2, 0.25) is 0 Å². The van der Waals surface area contributed by atoms with Gasteiger partial charge < -0.3 is 14.8 Å². The second kappa shape index (κ2) is 9.65. The number of likely N-dealkylation sites (tertiary alicyclic amines) is 1. The molecule has 2 aromatic heterocycles. The second-order valence-electron chi connectivity index (χ2n) is 12.2. The molecule has 1 aliphatic carbocycles. The van der Waals surface area contributed by atoms with Crippen molar-refractivity contribution >= 4 is 33.6 Å². The lowest BCUT2D eigenvalue weighted by Crippen LogP contribution is -2.45. The molecule has 2 unspecified atom stereocenters. The highest BCUT2D eigenvalue weighted by Gasteiger charge is 2.65. The number of rotatable bonds is 4. The highest BCUT2D eigenvalue weighted by Crippen LogP contribution is 2.65. The summed E-state index contributed by atoms with van der Waals surface area (Å²) in [7, 11) is 0. The molecule has 0 radical (unpaired) electrons. The molecule has 0 bridgehead atoms. The van der Waals surface area contributed by atoms with E-state index < -0.39 is 29.9 Å². The second-order valence-corrected chi connectivity index (χ2v) is 12.2. The Hall–Kier alpha value is -4.22. The maximum absolute atomic E-state index is 14.1. The largest absolute Gasteiger partial charge is 0.406 e. The van der Waals surface area contributed by atoms with Gasteiger partial charge in [-0.15, -0.1) is 0 Å². The lowest BCUT2D eigenvalue weighted by molar-refractivity contribution is -0.166. The fraction of sp³-hybridized carbons (Fsp3) is 0.419. The van der Waals surface area contributed by atoms with Gasteiger partial charge in [-0.3, -0.25) is 19.5 Å². The highest BCUT2D eigenvalue weighted by molar-refractivity contribution is 5.96. The molecule has 2 aromatic carbocycles. The Morgan fingerprint density at radius 1 is 1.12 bits per heavy atom. The fourth-order valence-corrected chi connectivity index (χ4v) is 7.33. The maximum Gasteiger partial charge on any atom is 0.406 e. The topological polar surface area (TPSA) is 102 Å². The van der Waals surface area contributed by atoms with Crippen molar-refractivity contribution in [1.29, 1.82) is 0 Å². The summed E-state index contributed by atoms with van der Waals surface area (Å²) in [6, 6.07) is 8.20. The van der Waals surface area contributed by atoms with Gasteiger partial charge in [0.1, 0.15) is 12.4 Å². The molecule has 4 aromatic rings. The van der Waals surface area contributed by atoms with E-state index in [4.69, 9.17) is 0 Å². The van der Waals surface area contributed by atoms with E-state index in [0.29, 0.717) is 54.3 Å². The summed E-state index contributed by atoms with van der Waals surface area (Å²) >= 11 is 0. The number of nitrogens with zero attached hydrogens (tertiary/aromatic N) is 3. The SMILES string of the molecule is Cc1cc2c(c3cn[nH]c13)CN(CC(F)(F)F)C(=O)C1(CC(=O)N3CCC(c4cc5cccc(F)c5[nH]c4=O)CC3)CC21. The van der Waals surface area contributed by atoms with E-state index in [1.807, 2.05) is 13.0 Å². The van der Waals surface area contributed by atoms with Gasteiger partial charge in [0.25, 0.3) is 5.56 Å². The summed E-state index contributed by atoms with van der Waals surface area (Å²) in [6.45, 7) is 0.980. The number of aromatic nitrogens is 3. The third-order valence-electron chi connectivity index (χ3n) is 9.57.